The van der Waals surface area contributed by atoms with Gasteiger partial charge in [0.25, 0.3) is 0 Å². The van der Waals surface area contributed by atoms with Crippen molar-refractivity contribution in [2.75, 3.05) is 13.6 Å². The smallest absolute Gasteiger partial charge is 0.301 e. The number of rotatable bonds is 5. The van der Waals surface area contributed by atoms with Crippen molar-refractivity contribution in [2.45, 2.75) is 19.4 Å². The van der Waals surface area contributed by atoms with Crippen LogP contribution in [0, 0.1) is 0 Å². The zero-order valence-corrected chi connectivity index (χ0v) is 9.03. The fraction of sp³-hybridized carbons (Fsp3) is 0.455. The maximum Gasteiger partial charge on any atom is 0.301 e. The number of nitrogens with zero attached hydrogens (tertiary/aromatic N) is 2. The van der Waals surface area contributed by atoms with Gasteiger partial charge in [0.15, 0.2) is 11.8 Å². The highest BCUT2D eigenvalue weighted by atomic mass is 15.1. The van der Waals surface area contributed by atoms with Crippen molar-refractivity contribution in [3.05, 3.63) is 24.7 Å². The number of unbranched alkanes of at least 4 members (excludes halogenated alkanes) is 1. The lowest BCUT2D eigenvalue weighted by atomic mass is 10.3. The SMILES string of the molecule is CNCCCC[n+]1c[nH]c2cccnc21. The standard InChI is InChI=1S/C11H16N4/c1-12-6-2-3-8-15-9-14-10-5-4-7-13-11(10)15/h4-5,7,9,12H,2-3,6,8H2,1H3/p+1. The van der Waals surface area contributed by atoms with Crippen LogP contribution in [0.2, 0.25) is 0 Å². The van der Waals surface area contributed by atoms with Gasteiger partial charge in [-0.2, -0.15) is 0 Å². The molecule has 0 radical (unpaired) electrons. The predicted molar refractivity (Wildman–Crippen MR) is 59.4 cm³/mol. The minimum Gasteiger partial charge on any atom is -0.320 e. The molecule has 0 amide bonds. The van der Waals surface area contributed by atoms with Gasteiger partial charge in [-0.1, -0.05) is 0 Å². The summed E-state index contributed by atoms with van der Waals surface area (Å²) < 4.78 is 2.17. The first-order valence-corrected chi connectivity index (χ1v) is 5.38. The highest BCUT2D eigenvalue weighted by Gasteiger charge is 2.08. The molecule has 80 valence electrons. The minimum atomic E-state index is 1.03. The molecular weight excluding hydrogens is 188 g/mol. The van der Waals surface area contributed by atoms with Crippen LogP contribution in [-0.4, -0.2) is 23.6 Å². The molecule has 2 aromatic rings. The van der Waals surface area contributed by atoms with E-state index in [1.54, 1.807) is 0 Å². The molecule has 2 heterocycles. The predicted octanol–water partition coefficient (Wildman–Crippen LogP) is 0.850. The van der Waals surface area contributed by atoms with Gasteiger partial charge in [0, 0.05) is 0 Å². The van der Waals surface area contributed by atoms with Crippen molar-refractivity contribution >= 4 is 11.2 Å². The molecule has 0 aromatic carbocycles. The fourth-order valence-corrected chi connectivity index (χ4v) is 1.70. The van der Waals surface area contributed by atoms with E-state index in [0.29, 0.717) is 0 Å². The van der Waals surface area contributed by atoms with Crippen molar-refractivity contribution in [3.8, 4) is 0 Å². The molecule has 0 saturated carbocycles. The number of imidazole rings is 1. The van der Waals surface area contributed by atoms with Gasteiger partial charge in [0.2, 0.25) is 0 Å². The van der Waals surface area contributed by atoms with Gasteiger partial charge in [-0.3, -0.25) is 4.98 Å². The van der Waals surface area contributed by atoms with Crippen molar-refractivity contribution in [1.29, 1.82) is 0 Å². The number of pyridine rings is 1. The molecule has 0 aliphatic heterocycles. The Kier molecular flexibility index (Phi) is 3.29. The average molecular weight is 205 g/mol. The van der Waals surface area contributed by atoms with Gasteiger partial charge in [-0.05, 0) is 38.6 Å². The van der Waals surface area contributed by atoms with Crippen LogP contribution in [0.25, 0.3) is 11.2 Å². The van der Waals surface area contributed by atoms with Crippen LogP contribution in [0.15, 0.2) is 24.7 Å². The summed E-state index contributed by atoms with van der Waals surface area (Å²) in [7, 11) is 1.99. The molecule has 0 atom stereocenters. The monoisotopic (exact) mass is 205 g/mol. The number of nitrogens with one attached hydrogen (secondary N) is 2. The Morgan fingerprint density at radius 2 is 2.40 bits per heavy atom. The lowest BCUT2D eigenvalue weighted by molar-refractivity contribution is -0.673. The van der Waals surface area contributed by atoms with Crippen molar-refractivity contribution in [3.63, 3.8) is 0 Å². The largest absolute Gasteiger partial charge is 0.320 e. The van der Waals surface area contributed by atoms with E-state index in [2.05, 4.69) is 19.9 Å². The Balaban J connectivity index is 2.02. The normalized spacial score (nSPS) is 11.0. The lowest BCUT2D eigenvalue weighted by Crippen LogP contribution is -2.32. The summed E-state index contributed by atoms with van der Waals surface area (Å²) in [6, 6.07) is 4.00. The van der Waals surface area contributed by atoms with E-state index >= 15 is 0 Å². The Morgan fingerprint density at radius 1 is 1.47 bits per heavy atom. The maximum absolute atomic E-state index is 4.36. The molecular formula is C11H17N4+. The van der Waals surface area contributed by atoms with E-state index in [4.69, 9.17) is 0 Å². The second-order valence-electron chi connectivity index (χ2n) is 3.65. The zero-order chi connectivity index (χ0) is 10.5. The van der Waals surface area contributed by atoms with E-state index in [1.807, 2.05) is 31.7 Å². The van der Waals surface area contributed by atoms with Crippen molar-refractivity contribution in [1.82, 2.24) is 15.3 Å². The first-order chi connectivity index (χ1) is 7.42. The molecule has 4 nitrogen and oxygen atoms in total. The molecule has 0 aliphatic rings. The summed E-state index contributed by atoms with van der Waals surface area (Å²) in [5, 5.41) is 3.15. The fourth-order valence-electron chi connectivity index (χ4n) is 1.70. The molecule has 0 aliphatic carbocycles. The number of H-pyrrole nitrogens is 1. The maximum atomic E-state index is 4.36. The van der Waals surface area contributed by atoms with Gasteiger partial charge >= 0.3 is 5.65 Å². The highest BCUT2D eigenvalue weighted by Crippen LogP contribution is 2.02. The summed E-state index contributed by atoms with van der Waals surface area (Å²) in [6.07, 6.45) is 6.20. The number of fused-ring (bicyclic) bond motifs is 1. The number of hydrogen-bond donors (Lipinski definition) is 2. The first-order valence-electron chi connectivity index (χ1n) is 5.38. The Hall–Kier alpha value is -1.42. The third kappa shape index (κ3) is 2.33. The van der Waals surface area contributed by atoms with Gasteiger partial charge in [0.05, 0.1) is 6.54 Å². The van der Waals surface area contributed by atoms with E-state index in [-0.39, 0.29) is 0 Å². The molecule has 15 heavy (non-hydrogen) atoms. The third-order valence-corrected chi connectivity index (χ3v) is 2.51. The van der Waals surface area contributed by atoms with Gasteiger partial charge in [0.1, 0.15) is 6.20 Å². The van der Waals surface area contributed by atoms with Crippen LogP contribution in [0.1, 0.15) is 12.8 Å². The van der Waals surface area contributed by atoms with Gasteiger partial charge in [-0.15, -0.1) is 4.98 Å². The van der Waals surface area contributed by atoms with Crippen LogP contribution in [0.4, 0.5) is 0 Å². The van der Waals surface area contributed by atoms with E-state index < -0.39 is 0 Å². The summed E-state index contributed by atoms with van der Waals surface area (Å²) in [6.45, 7) is 2.11. The Labute approximate surface area is 89.3 Å². The third-order valence-electron chi connectivity index (χ3n) is 2.51. The highest BCUT2D eigenvalue weighted by molar-refractivity contribution is 5.65. The van der Waals surface area contributed by atoms with Crippen molar-refractivity contribution in [2.24, 2.45) is 0 Å². The lowest BCUT2D eigenvalue weighted by Gasteiger charge is -1.98. The molecule has 2 rings (SSSR count). The number of aromatic amines is 1. The van der Waals surface area contributed by atoms with Gasteiger partial charge in [-0.25, -0.2) is 4.57 Å². The summed E-state index contributed by atoms with van der Waals surface area (Å²) in [4.78, 5) is 7.57. The molecule has 4 heteroatoms. The molecule has 0 spiro atoms. The number of aryl methyl sites for hydroxylation is 1. The van der Waals surface area contributed by atoms with E-state index in [0.717, 1.165) is 24.3 Å². The van der Waals surface area contributed by atoms with Crippen LogP contribution >= 0.6 is 0 Å². The van der Waals surface area contributed by atoms with E-state index in [1.165, 1.54) is 12.8 Å². The second-order valence-corrected chi connectivity index (χ2v) is 3.65. The van der Waals surface area contributed by atoms with Crippen LogP contribution < -0.4 is 9.88 Å². The van der Waals surface area contributed by atoms with Gasteiger partial charge < -0.3 is 5.32 Å². The summed E-state index contributed by atoms with van der Waals surface area (Å²) in [5.74, 6) is 0. The quantitative estimate of drug-likeness (QED) is 0.561. The first kappa shape index (κ1) is 10.1. The van der Waals surface area contributed by atoms with Crippen molar-refractivity contribution < 1.29 is 4.57 Å². The Bertz CT molecular complexity index is 421. The molecule has 0 fully saturated rings. The minimum absolute atomic E-state index is 1.03. The van der Waals surface area contributed by atoms with Crippen LogP contribution in [0.5, 0.6) is 0 Å². The van der Waals surface area contributed by atoms with E-state index in [9.17, 15) is 0 Å². The van der Waals surface area contributed by atoms with Crippen LogP contribution in [0.3, 0.4) is 0 Å². The Morgan fingerprint density at radius 3 is 3.27 bits per heavy atom. The second kappa shape index (κ2) is 4.89. The topological polar surface area (TPSA) is 44.6 Å². The number of aromatic nitrogens is 3. The molecule has 0 saturated heterocycles. The van der Waals surface area contributed by atoms with Crippen LogP contribution in [-0.2, 0) is 6.54 Å². The summed E-state index contributed by atoms with van der Waals surface area (Å²) >= 11 is 0. The zero-order valence-electron chi connectivity index (χ0n) is 9.03. The molecule has 0 unspecified atom stereocenters. The average Bonchev–Trinajstić information content (AvgIpc) is 2.68. The molecule has 2 N–H and O–H groups in total. The molecule has 2 aromatic heterocycles. The summed E-state index contributed by atoms with van der Waals surface area (Å²) in [5.41, 5.74) is 2.15. The molecule has 0 bridgehead atoms. The number of hydrogen-bond acceptors (Lipinski definition) is 2.